The molecule has 0 saturated carbocycles. The van der Waals surface area contributed by atoms with Crippen LogP contribution in [0.4, 0.5) is 11.4 Å². The number of amides is 2. The Hall–Kier alpha value is -4.72. The molecule has 0 fully saturated rings. The van der Waals surface area contributed by atoms with E-state index in [0.717, 1.165) is 15.7 Å². The van der Waals surface area contributed by atoms with Gasteiger partial charge in [0.05, 0.1) is 6.54 Å². The zero-order chi connectivity index (χ0) is 24.8. The number of aromatic nitrogens is 2. The first-order valence-electron chi connectivity index (χ1n) is 11.0. The summed E-state index contributed by atoms with van der Waals surface area (Å²) in [5.41, 5.74) is 2.00. The molecule has 35 heavy (non-hydrogen) atoms. The fraction of sp³-hybridized carbons (Fsp3) is 0.111. The predicted molar refractivity (Wildman–Crippen MR) is 135 cm³/mol. The van der Waals surface area contributed by atoms with E-state index < -0.39 is 23.7 Å². The van der Waals surface area contributed by atoms with Crippen LogP contribution in [0.5, 0.6) is 0 Å². The SMILES string of the molecule is Cc1ccc(NC(=O)c2ccccc2)cc1NC(=O)Cn1c(=O)ccn(Cc2ccccc2)c1=O. The van der Waals surface area contributed by atoms with Crippen molar-refractivity contribution in [1.29, 1.82) is 0 Å². The normalized spacial score (nSPS) is 10.5. The lowest BCUT2D eigenvalue weighted by Gasteiger charge is -2.13. The second-order valence-electron chi connectivity index (χ2n) is 8.03. The maximum absolute atomic E-state index is 12.9. The molecule has 176 valence electrons. The van der Waals surface area contributed by atoms with E-state index in [0.29, 0.717) is 16.9 Å². The molecule has 2 N–H and O–H groups in total. The molecule has 8 nitrogen and oxygen atoms in total. The number of anilines is 2. The van der Waals surface area contributed by atoms with Gasteiger partial charge in [-0.2, -0.15) is 0 Å². The lowest BCUT2D eigenvalue weighted by Crippen LogP contribution is -2.41. The average Bonchev–Trinajstić information content (AvgIpc) is 2.87. The first-order valence-corrected chi connectivity index (χ1v) is 11.0. The molecule has 0 aliphatic rings. The molecule has 2 amide bonds. The van der Waals surface area contributed by atoms with Crippen molar-refractivity contribution in [2.45, 2.75) is 20.0 Å². The third kappa shape index (κ3) is 5.80. The molecule has 8 heteroatoms. The number of nitrogens with zero attached hydrogens (tertiary/aromatic N) is 2. The lowest BCUT2D eigenvalue weighted by molar-refractivity contribution is -0.116. The van der Waals surface area contributed by atoms with Gasteiger partial charge in [0.1, 0.15) is 6.54 Å². The highest BCUT2D eigenvalue weighted by atomic mass is 16.2. The van der Waals surface area contributed by atoms with Gasteiger partial charge in [0.2, 0.25) is 5.91 Å². The number of hydrogen-bond donors (Lipinski definition) is 2. The van der Waals surface area contributed by atoms with Crippen molar-refractivity contribution in [2.75, 3.05) is 10.6 Å². The zero-order valence-corrected chi connectivity index (χ0v) is 19.1. The van der Waals surface area contributed by atoms with Crippen molar-refractivity contribution in [2.24, 2.45) is 0 Å². The molecule has 0 bridgehead atoms. The van der Waals surface area contributed by atoms with Gasteiger partial charge < -0.3 is 10.6 Å². The Morgan fingerprint density at radius 1 is 0.829 bits per heavy atom. The minimum absolute atomic E-state index is 0.276. The summed E-state index contributed by atoms with van der Waals surface area (Å²) in [6.07, 6.45) is 1.43. The summed E-state index contributed by atoms with van der Waals surface area (Å²) in [5, 5.41) is 5.54. The number of aryl methyl sites for hydroxylation is 1. The summed E-state index contributed by atoms with van der Waals surface area (Å²) in [5.74, 6) is -0.808. The molecule has 0 saturated heterocycles. The monoisotopic (exact) mass is 468 g/mol. The molecule has 0 unspecified atom stereocenters. The molecule has 4 rings (SSSR count). The number of carbonyl (C=O) groups is 2. The highest BCUT2D eigenvalue weighted by molar-refractivity contribution is 6.04. The van der Waals surface area contributed by atoms with Crippen molar-refractivity contribution >= 4 is 23.2 Å². The van der Waals surface area contributed by atoms with Crippen molar-refractivity contribution in [3.05, 3.63) is 129 Å². The number of benzene rings is 3. The molecule has 0 atom stereocenters. The van der Waals surface area contributed by atoms with E-state index in [1.807, 2.05) is 36.4 Å². The Morgan fingerprint density at radius 3 is 2.23 bits per heavy atom. The second kappa shape index (κ2) is 10.5. The summed E-state index contributed by atoms with van der Waals surface area (Å²) in [6, 6.07) is 24.5. The van der Waals surface area contributed by atoms with Gasteiger partial charge in [-0.3, -0.25) is 23.5 Å². The molecule has 0 aliphatic carbocycles. The number of hydrogen-bond acceptors (Lipinski definition) is 4. The van der Waals surface area contributed by atoms with E-state index in [1.165, 1.54) is 16.8 Å². The summed E-state index contributed by atoms with van der Waals surface area (Å²) in [4.78, 5) is 50.4. The van der Waals surface area contributed by atoms with E-state index in [2.05, 4.69) is 10.6 Å². The molecule has 1 heterocycles. The first kappa shape index (κ1) is 23.4. The molecule has 0 radical (unpaired) electrons. The van der Waals surface area contributed by atoms with Crippen LogP contribution in [0.2, 0.25) is 0 Å². The van der Waals surface area contributed by atoms with Crippen LogP contribution < -0.4 is 21.9 Å². The highest BCUT2D eigenvalue weighted by Gasteiger charge is 2.13. The van der Waals surface area contributed by atoms with Gasteiger partial charge in [0.25, 0.3) is 11.5 Å². The van der Waals surface area contributed by atoms with Crippen LogP contribution in [0, 0.1) is 6.92 Å². The largest absolute Gasteiger partial charge is 0.331 e. The van der Waals surface area contributed by atoms with E-state index >= 15 is 0 Å². The third-order valence-corrected chi connectivity index (χ3v) is 5.44. The summed E-state index contributed by atoms with van der Waals surface area (Å²) >= 11 is 0. The van der Waals surface area contributed by atoms with Crippen molar-refractivity contribution in [3.8, 4) is 0 Å². The fourth-order valence-corrected chi connectivity index (χ4v) is 3.56. The maximum atomic E-state index is 12.9. The average molecular weight is 469 g/mol. The Morgan fingerprint density at radius 2 is 1.51 bits per heavy atom. The Labute approximate surface area is 201 Å². The minimum atomic E-state index is -0.572. The molecule has 3 aromatic carbocycles. The Kier molecular flexibility index (Phi) is 7.02. The Balaban J connectivity index is 1.49. The number of rotatable bonds is 7. The van der Waals surface area contributed by atoms with Crippen LogP contribution in [0.3, 0.4) is 0 Å². The molecule has 0 spiro atoms. The van der Waals surface area contributed by atoms with Crippen molar-refractivity contribution < 1.29 is 9.59 Å². The third-order valence-electron chi connectivity index (χ3n) is 5.44. The molecule has 4 aromatic rings. The van der Waals surface area contributed by atoms with Crippen molar-refractivity contribution in [1.82, 2.24) is 9.13 Å². The van der Waals surface area contributed by atoms with Gasteiger partial charge in [-0.15, -0.1) is 0 Å². The van der Waals surface area contributed by atoms with Crippen molar-refractivity contribution in [3.63, 3.8) is 0 Å². The quantitative estimate of drug-likeness (QED) is 0.435. The molecular formula is C27H24N4O4. The van der Waals surface area contributed by atoms with Crippen LogP contribution in [-0.4, -0.2) is 20.9 Å². The maximum Gasteiger partial charge on any atom is 0.331 e. The van der Waals surface area contributed by atoms with E-state index in [9.17, 15) is 19.2 Å². The molecular weight excluding hydrogens is 444 g/mol. The minimum Gasteiger partial charge on any atom is -0.324 e. The summed E-state index contributed by atoms with van der Waals surface area (Å²) in [7, 11) is 0. The van der Waals surface area contributed by atoms with Gasteiger partial charge in [0, 0.05) is 29.2 Å². The number of carbonyl (C=O) groups excluding carboxylic acids is 2. The highest BCUT2D eigenvalue weighted by Crippen LogP contribution is 2.21. The molecule has 1 aromatic heterocycles. The van der Waals surface area contributed by atoms with Gasteiger partial charge >= 0.3 is 5.69 Å². The first-order chi connectivity index (χ1) is 16.9. The van der Waals surface area contributed by atoms with E-state index in [4.69, 9.17) is 0 Å². The smallest absolute Gasteiger partial charge is 0.324 e. The molecule has 0 aliphatic heterocycles. The fourth-order valence-electron chi connectivity index (χ4n) is 3.56. The Bertz CT molecular complexity index is 1470. The summed E-state index contributed by atoms with van der Waals surface area (Å²) in [6.45, 7) is 1.65. The second-order valence-corrected chi connectivity index (χ2v) is 8.03. The van der Waals surface area contributed by atoms with Gasteiger partial charge in [0.15, 0.2) is 0 Å². The van der Waals surface area contributed by atoms with Crippen LogP contribution in [0.25, 0.3) is 0 Å². The van der Waals surface area contributed by atoms with Crippen LogP contribution in [-0.2, 0) is 17.9 Å². The van der Waals surface area contributed by atoms with Gasteiger partial charge in [-0.05, 0) is 42.3 Å². The summed E-state index contributed by atoms with van der Waals surface area (Å²) < 4.78 is 2.28. The standard InChI is InChI=1S/C27H24N4O4/c1-19-12-13-22(28-26(34)21-10-6-3-7-11-21)16-23(19)29-24(32)18-31-25(33)14-15-30(27(31)35)17-20-8-4-2-5-9-20/h2-16H,17-18H2,1H3,(H,28,34)(H,29,32). The van der Waals surface area contributed by atoms with E-state index in [1.54, 1.807) is 49.4 Å². The predicted octanol–water partition coefficient (Wildman–Crippen LogP) is 3.26. The van der Waals surface area contributed by atoms with Crippen LogP contribution >= 0.6 is 0 Å². The zero-order valence-electron chi connectivity index (χ0n) is 19.1. The number of nitrogens with one attached hydrogen (secondary N) is 2. The lowest BCUT2D eigenvalue weighted by atomic mass is 10.1. The topological polar surface area (TPSA) is 102 Å². The van der Waals surface area contributed by atoms with Crippen LogP contribution in [0.1, 0.15) is 21.5 Å². The van der Waals surface area contributed by atoms with E-state index in [-0.39, 0.29) is 12.5 Å². The van der Waals surface area contributed by atoms with Gasteiger partial charge in [-0.1, -0.05) is 54.6 Å². The van der Waals surface area contributed by atoms with Crippen LogP contribution in [0.15, 0.2) is 101 Å². The van der Waals surface area contributed by atoms with Gasteiger partial charge in [-0.25, -0.2) is 4.79 Å².